The van der Waals surface area contributed by atoms with E-state index in [4.69, 9.17) is 9.47 Å². The maximum absolute atomic E-state index is 12.3. The molecule has 2 heterocycles. The summed E-state index contributed by atoms with van der Waals surface area (Å²) in [6.45, 7) is 13.5. The second-order valence-corrected chi connectivity index (χ2v) is 9.75. The van der Waals surface area contributed by atoms with Gasteiger partial charge < -0.3 is 30.3 Å². The van der Waals surface area contributed by atoms with E-state index >= 15 is 0 Å². The first-order chi connectivity index (χ1) is 15.3. The van der Waals surface area contributed by atoms with Crippen molar-refractivity contribution in [3.05, 3.63) is 18.2 Å². The third-order valence-electron chi connectivity index (χ3n) is 5.50. The van der Waals surface area contributed by atoms with Gasteiger partial charge in [-0.1, -0.05) is 6.92 Å². The second kappa shape index (κ2) is 11.4. The predicted molar refractivity (Wildman–Crippen MR) is 129 cm³/mol. The molecule has 32 heavy (non-hydrogen) atoms. The van der Waals surface area contributed by atoms with Gasteiger partial charge in [0.1, 0.15) is 6.54 Å². The zero-order valence-electron chi connectivity index (χ0n) is 20.0. The number of anilines is 1. The van der Waals surface area contributed by atoms with Crippen molar-refractivity contribution >= 4 is 17.6 Å². The number of hydrogen-bond donors (Lipinski definition) is 3. The molecule has 2 aliphatic rings. The normalized spacial score (nSPS) is 18.1. The molecule has 0 saturated carbocycles. The largest absolute Gasteiger partial charge is 0.490 e. The highest BCUT2D eigenvalue weighted by atomic mass is 16.5. The van der Waals surface area contributed by atoms with Gasteiger partial charge in [0.15, 0.2) is 17.5 Å². The molecule has 3 rings (SSSR count). The molecule has 1 aromatic rings. The van der Waals surface area contributed by atoms with E-state index in [9.17, 15) is 4.79 Å². The van der Waals surface area contributed by atoms with Crippen LogP contribution in [0.15, 0.2) is 23.2 Å². The minimum atomic E-state index is -0.284. The molecule has 8 nitrogen and oxygen atoms in total. The molecule has 1 fully saturated rings. The predicted octanol–water partition coefficient (Wildman–Crippen LogP) is 2.85. The number of guanidine groups is 1. The highest BCUT2D eigenvalue weighted by Crippen LogP contribution is 2.32. The molecule has 178 valence electrons. The van der Waals surface area contributed by atoms with Gasteiger partial charge in [0.05, 0.1) is 13.2 Å². The Morgan fingerprint density at radius 1 is 1.16 bits per heavy atom. The summed E-state index contributed by atoms with van der Waals surface area (Å²) < 4.78 is 11.5. The fourth-order valence-corrected chi connectivity index (χ4v) is 3.74. The highest BCUT2D eigenvalue weighted by Gasteiger charge is 2.16. The molecule has 0 aliphatic carbocycles. The van der Waals surface area contributed by atoms with Gasteiger partial charge in [0.25, 0.3) is 0 Å². The minimum Gasteiger partial charge on any atom is -0.490 e. The van der Waals surface area contributed by atoms with Gasteiger partial charge in [-0.3, -0.25) is 4.79 Å². The van der Waals surface area contributed by atoms with Gasteiger partial charge in [-0.2, -0.15) is 0 Å². The minimum absolute atomic E-state index is 0.0540. The summed E-state index contributed by atoms with van der Waals surface area (Å²) >= 11 is 0. The van der Waals surface area contributed by atoms with Crippen molar-refractivity contribution in [2.24, 2.45) is 10.9 Å². The van der Waals surface area contributed by atoms with Crippen LogP contribution < -0.4 is 25.4 Å². The number of aliphatic imine (C=N–C) groups is 1. The Labute approximate surface area is 192 Å². The van der Waals surface area contributed by atoms with E-state index < -0.39 is 0 Å². The Hall–Kier alpha value is -2.48. The van der Waals surface area contributed by atoms with Crippen LogP contribution in [0, 0.1) is 5.92 Å². The summed E-state index contributed by atoms with van der Waals surface area (Å²) in [5.41, 5.74) is 0.552. The van der Waals surface area contributed by atoms with E-state index in [0.29, 0.717) is 19.2 Å². The van der Waals surface area contributed by atoms with Crippen molar-refractivity contribution in [1.29, 1.82) is 0 Å². The van der Waals surface area contributed by atoms with Crippen LogP contribution in [0.5, 0.6) is 11.5 Å². The lowest BCUT2D eigenvalue weighted by molar-refractivity contribution is -0.121. The van der Waals surface area contributed by atoms with Gasteiger partial charge in [0.2, 0.25) is 5.91 Å². The molecular formula is C24H39N5O3. The third-order valence-corrected chi connectivity index (χ3v) is 5.50. The fraction of sp³-hybridized carbons (Fsp3) is 0.667. The number of benzene rings is 1. The number of carbonyl (C=O) groups excluding carboxylic acids is 1. The van der Waals surface area contributed by atoms with Gasteiger partial charge in [-0.25, -0.2) is 4.99 Å². The van der Waals surface area contributed by atoms with E-state index in [1.807, 2.05) is 39.0 Å². The first-order valence-corrected chi connectivity index (χ1v) is 11.8. The summed E-state index contributed by atoms with van der Waals surface area (Å²) in [5, 5.41) is 9.65. The van der Waals surface area contributed by atoms with E-state index in [1.165, 1.54) is 12.8 Å². The lowest BCUT2D eigenvalue weighted by Crippen LogP contribution is -2.43. The van der Waals surface area contributed by atoms with Gasteiger partial charge in [0, 0.05) is 36.8 Å². The lowest BCUT2D eigenvalue weighted by Gasteiger charge is -2.30. The number of piperidine rings is 1. The first-order valence-electron chi connectivity index (χ1n) is 11.8. The molecule has 0 spiro atoms. The number of rotatable bonds is 6. The van der Waals surface area contributed by atoms with Crippen LogP contribution in [0.2, 0.25) is 0 Å². The molecule has 0 atom stereocenters. The van der Waals surface area contributed by atoms with E-state index in [-0.39, 0.29) is 18.0 Å². The standard InChI is InChI=1S/C24H39N5O3/c1-18-8-11-29(12-9-18)13-10-25-23(26-17-22(30)28-24(2,3)4)27-19-6-7-20-21(16-19)32-15-5-14-31-20/h6-7,16,18H,5,8-15,17H2,1-4H3,(H,28,30)(H2,25,26,27). The number of nitrogens with zero attached hydrogens (tertiary/aromatic N) is 2. The first kappa shape index (κ1) is 24.2. The molecule has 0 unspecified atom stereocenters. The number of amides is 1. The number of carbonyl (C=O) groups is 1. The highest BCUT2D eigenvalue weighted by molar-refractivity contribution is 5.95. The second-order valence-electron chi connectivity index (χ2n) is 9.75. The Kier molecular flexibility index (Phi) is 8.61. The van der Waals surface area contributed by atoms with Crippen molar-refractivity contribution in [3.8, 4) is 11.5 Å². The number of fused-ring (bicyclic) bond motifs is 1. The van der Waals surface area contributed by atoms with Crippen LogP contribution in [0.1, 0.15) is 47.0 Å². The number of nitrogens with one attached hydrogen (secondary N) is 3. The topological polar surface area (TPSA) is 87.2 Å². The molecule has 0 aromatic heterocycles. The van der Waals surface area contributed by atoms with Gasteiger partial charge >= 0.3 is 0 Å². The quantitative estimate of drug-likeness (QED) is 0.461. The average molecular weight is 446 g/mol. The molecule has 1 amide bonds. The van der Waals surface area contributed by atoms with E-state index in [1.54, 1.807) is 0 Å². The molecule has 0 radical (unpaired) electrons. The van der Waals surface area contributed by atoms with Crippen molar-refractivity contribution in [3.63, 3.8) is 0 Å². The fourth-order valence-electron chi connectivity index (χ4n) is 3.74. The molecule has 3 N–H and O–H groups in total. The van der Waals surface area contributed by atoms with Crippen molar-refractivity contribution in [1.82, 2.24) is 15.5 Å². The zero-order valence-corrected chi connectivity index (χ0v) is 20.0. The maximum atomic E-state index is 12.3. The van der Waals surface area contributed by atoms with Crippen LogP contribution in [-0.4, -0.2) is 68.2 Å². The summed E-state index contributed by atoms with van der Waals surface area (Å²) in [6, 6.07) is 5.76. The van der Waals surface area contributed by atoms with Crippen LogP contribution in [0.4, 0.5) is 5.69 Å². The van der Waals surface area contributed by atoms with Crippen molar-refractivity contribution in [2.45, 2.75) is 52.5 Å². The van der Waals surface area contributed by atoms with E-state index in [2.05, 4.69) is 32.8 Å². The summed E-state index contributed by atoms with van der Waals surface area (Å²) in [6.07, 6.45) is 3.37. The Balaban J connectivity index is 1.62. The molecule has 2 aliphatic heterocycles. The molecule has 0 bridgehead atoms. The lowest BCUT2D eigenvalue weighted by atomic mass is 9.99. The molecule has 8 heteroatoms. The maximum Gasteiger partial charge on any atom is 0.242 e. The van der Waals surface area contributed by atoms with Crippen LogP contribution >= 0.6 is 0 Å². The average Bonchev–Trinajstić information content (AvgIpc) is 2.97. The smallest absolute Gasteiger partial charge is 0.242 e. The zero-order chi connectivity index (χ0) is 23.0. The Bertz CT molecular complexity index is 782. The monoisotopic (exact) mass is 445 g/mol. The van der Waals surface area contributed by atoms with Crippen LogP contribution in [0.25, 0.3) is 0 Å². The summed E-state index contributed by atoms with van der Waals surface area (Å²) in [7, 11) is 0. The number of hydrogen-bond acceptors (Lipinski definition) is 5. The van der Waals surface area contributed by atoms with E-state index in [0.717, 1.165) is 55.7 Å². The van der Waals surface area contributed by atoms with Crippen LogP contribution in [-0.2, 0) is 4.79 Å². The molecular weight excluding hydrogens is 406 g/mol. The third kappa shape index (κ3) is 8.22. The number of likely N-dealkylation sites (tertiary alicyclic amines) is 1. The molecule has 1 aromatic carbocycles. The SMILES string of the molecule is CC1CCN(CCNC(=NCC(=O)NC(C)(C)C)Nc2ccc3c(c2)OCCCO3)CC1. The van der Waals surface area contributed by atoms with Crippen molar-refractivity contribution < 1.29 is 14.3 Å². The Morgan fingerprint density at radius 2 is 1.88 bits per heavy atom. The Morgan fingerprint density at radius 3 is 2.59 bits per heavy atom. The van der Waals surface area contributed by atoms with Gasteiger partial charge in [-0.15, -0.1) is 0 Å². The van der Waals surface area contributed by atoms with Crippen LogP contribution in [0.3, 0.4) is 0 Å². The van der Waals surface area contributed by atoms with Gasteiger partial charge in [-0.05, 0) is 64.8 Å². The molecule has 1 saturated heterocycles. The summed E-state index contributed by atoms with van der Waals surface area (Å²) in [4.78, 5) is 19.3. The van der Waals surface area contributed by atoms with Crippen molar-refractivity contribution in [2.75, 3.05) is 51.3 Å². The number of ether oxygens (including phenoxy) is 2. The summed E-state index contributed by atoms with van der Waals surface area (Å²) in [5.74, 6) is 2.76.